The van der Waals surface area contributed by atoms with Gasteiger partial charge in [-0.15, -0.1) is 22.7 Å². The SMILES string of the molecule is Cc1csc(N(C(=O)Cc2csc(-c3cccnc3)n2)C2CC2)n1. The number of amides is 1. The van der Waals surface area contributed by atoms with Crippen LogP contribution >= 0.6 is 22.7 Å². The summed E-state index contributed by atoms with van der Waals surface area (Å²) in [6.45, 7) is 1.95. The smallest absolute Gasteiger partial charge is 0.235 e. The molecule has 5 nitrogen and oxygen atoms in total. The van der Waals surface area contributed by atoms with Gasteiger partial charge in [0.2, 0.25) is 5.91 Å². The van der Waals surface area contributed by atoms with Gasteiger partial charge in [-0.2, -0.15) is 0 Å². The summed E-state index contributed by atoms with van der Waals surface area (Å²) in [5.74, 6) is 0.0786. The molecule has 1 saturated carbocycles. The van der Waals surface area contributed by atoms with Crippen LogP contribution in [0.5, 0.6) is 0 Å². The fourth-order valence-corrected chi connectivity index (χ4v) is 4.20. The first-order valence-corrected chi connectivity index (χ1v) is 9.55. The Morgan fingerprint density at radius 3 is 2.83 bits per heavy atom. The van der Waals surface area contributed by atoms with Gasteiger partial charge in [-0.05, 0) is 31.9 Å². The maximum absolute atomic E-state index is 12.8. The Balaban J connectivity index is 1.52. The molecule has 1 amide bonds. The number of aromatic nitrogens is 3. The van der Waals surface area contributed by atoms with Crippen molar-refractivity contribution in [2.45, 2.75) is 32.2 Å². The molecule has 0 aliphatic heterocycles. The second-order valence-electron chi connectivity index (χ2n) is 5.83. The van der Waals surface area contributed by atoms with Gasteiger partial charge in [-0.3, -0.25) is 14.7 Å². The Bertz CT molecular complexity index is 854. The van der Waals surface area contributed by atoms with E-state index in [9.17, 15) is 4.79 Å². The molecule has 1 fully saturated rings. The maximum atomic E-state index is 12.8. The highest BCUT2D eigenvalue weighted by Gasteiger charge is 2.35. The van der Waals surface area contributed by atoms with Crippen LogP contribution in [0.1, 0.15) is 24.2 Å². The number of carbonyl (C=O) groups is 1. The topological polar surface area (TPSA) is 59.0 Å². The largest absolute Gasteiger partial charge is 0.285 e. The number of pyridine rings is 1. The minimum atomic E-state index is 0.0786. The molecule has 1 aliphatic rings. The zero-order chi connectivity index (χ0) is 16.5. The van der Waals surface area contributed by atoms with Crippen LogP contribution in [-0.2, 0) is 11.2 Å². The molecule has 24 heavy (non-hydrogen) atoms. The number of hydrogen-bond acceptors (Lipinski definition) is 6. The van der Waals surface area contributed by atoms with Crippen molar-refractivity contribution >= 4 is 33.7 Å². The Labute approximate surface area is 148 Å². The lowest BCUT2D eigenvalue weighted by Crippen LogP contribution is -2.34. The Kier molecular flexibility index (Phi) is 4.12. The first-order valence-electron chi connectivity index (χ1n) is 7.79. The lowest BCUT2D eigenvalue weighted by atomic mass is 10.3. The summed E-state index contributed by atoms with van der Waals surface area (Å²) in [5.41, 5.74) is 2.75. The molecular weight excluding hydrogens is 340 g/mol. The number of anilines is 1. The lowest BCUT2D eigenvalue weighted by molar-refractivity contribution is -0.118. The molecule has 0 atom stereocenters. The molecule has 1 aliphatic carbocycles. The van der Waals surface area contributed by atoms with Crippen LogP contribution in [0.15, 0.2) is 35.3 Å². The van der Waals surface area contributed by atoms with Gasteiger partial charge < -0.3 is 0 Å². The number of hydrogen-bond donors (Lipinski definition) is 0. The normalized spacial score (nSPS) is 13.9. The molecule has 122 valence electrons. The zero-order valence-corrected chi connectivity index (χ0v) is 14.8. The standard InChI is InChI=1S/C17H16N4OS2/c1-11-9-24-17(19-11)21(14-4-5-14)15(22)7-13-10-23-16(20-13)12-3-2-6-18-8-12/h2-3,6,8-10,14H,4-5,7H2,1H3. The summed E-state index contributed by atoms with van der Waals surface area (Å²) in [6.07, 6.45) is 5.96. The minimum Gasteiger partial charge on any atom is -0.285 e. The fraction of sp³-hybridized carbons (Fsp3) is 0.294. The van der Waals surface area contributed by atoms with Crippen LogP contribution in [0, 0.1) is 6.92 Å². The number of aryl methyl sites for hydroxylation is 1. The van der Waals surface area contributed by atoms with E-state index >= 15 is 0 Å². The highest BCUT2D eigenvalue weighted by atomic mass is 32.1. The third-order valence-corrected chi connectivity index (χ3v) is 5.68. The second-order valence-corrected chi connectivity index (χ2v) is 7.52. The number of carbonyl (C=O) groups excluding carboxylic acids is 1. The zero-order valence-electron chi connectivity index (χ0n) is 13.2. The molecule has 0 saturated heterocycles. The molecule has 7 heteroatoms. The van der Waals surface area contributed by atoms with E-state index in [1.165, 1.54) is 11.3 Å². The second kappa shape index (κ2) is 6.41. The van der Waals surface area contributed by atoms with E-state index in [2.05, 4.69) is 15.0 Å². The quantitative estimate of drug-likeness (QED) is 0.699. The summed E-state index contributed by atoms with van der Waals surface area (Å²) in [6, 6.07) is 4.17. The van der Waals surface area contributed by atoms with Gasteiger partial charge in [0.15, 0.2) is 5.13 Å². The summed E-state index contributed by atoms with van der Waals surface area (Å²) in [4.78, 5) is 27.9. The van der Waals surface area contributed by atoms with Crippen molar-refractivity contribution in [3.63, 3.8) is 0 Å². The monoisotopic (exact) mass is 356 g/mol. The van der Waals surface area contributed by atoms with Crippen LogP contribution in [0.3, 0.4) is 0 Å². The maximum Gasteiger partial charge on any atom is 0.235 e. The van der Waals surface area contributed by atoms with E-state index in [0.29, 0.717) is 12.5 Å². The summed E-state index contributed by atoms with van der Waals surface area (Å²) < 4.78 is 0. The van der Waals surface area contributed by atoms with E-state index in [4.69, 9.17) is 0 Å². The van der Waals surface area contributed by atoms with Gasteiger partial charge in [-0.25, -0.2) is 9.97 Å². The predicted octanol–water partition coefficient (Wildman–Crippen LogP) is 3.71. The summed E-state index contributed by atoms with van der Waals surface area (Å²) in [7, 11) is 0. The van der Waals surface area contributed by atoms with Gasteiger partial charge in [0.05, 0.1) is 17.8 Å². The van der Waals surface area contributed by atoms with Crippen molar-refractivity contribution in [3.05, 3.63) is 46.7 Å². The summed E-state index contributed by atoms with van der Waals surface area (Å²) in [5, 5.41) is 5.65. The third kappa shape index (κ3) is 3.22. The van der Waals surface area contributed by atoms with Gasteiger partial charge in [-0.1, -0.05) is 0 Å². The third-order valence-electron chi connectivity index (χ3n) is 3.79. The van der Waals surface area contributed by atoms with E-state index < -0.39 is 0 Å². The van der Waals surface area contributed by atoms with Crippen molar-refractivity contribution in [1.29, 1.82) is 0 Å². The van der Waals surface area contributed by atoms with E-state index in [1.54, 1.807) is 23.7 Å². The van der Waals surface area contributed by atoms with Gasteiger partial charge in [0.25, 0.3) is 0 Å². The minimum absolute atomic E-state index is 0.0786. The molecular formula is C17H16N4OS2. The highest BCUT2D eigenvalue weighted by molar-refractivity contribution is 7.14. The molecule has 0 spiro atoms. The van der Waals surface area contributed by atoms with Gasteiger partial charge in [0.1, 0.15) is 5.01 Å². The molecule has 3 heterocycles. The van der Waals surface area contributed by atoms with Crippen molar-refractivity contribution in [3.8, 4) is 10.6 Å². The molecule has 0 radical (unpaired) electrons. The molecule has 4 rings (SSSR count). The van der Waals surface area contributed by atoms with Crippen molar-refractivity contribution in [2.75, 3.05) is 4.90 Å². The molecule has 3 aromatic rings. The first kappa shape index (κ1) is 15.4. The number of thiazole rings is 2. The molecule has 0 unspecified atom stereocenters. The molecule has 0 aromatic carbocycles. The number of nitrogens with zero attached hydrogens (tertiary/aromatic N) is 4. The Morgan fingerprint density at radius 1 is 1.29 bits per heavy atom. The van der Waals surface area contributed by atoms with Crippen LogP contribution in [0.4, 0.5) is 5.13 Å². The van der Waals surface area contributed by atoms with E-state index in [-0.39, 0.29) is 5.91 Å². The van der Waals surface area contributed by atoms with Gasteiger partial charge >= 0.3 is 0 Å². The van der Waals surface area contributed by atoms with E-state index in [1.807, 2.05) is 34.7 Å². The van der Waals surface area contributed by atoms with E-state index in [0.717, 1.165) is 39.9 Å². The molecule has 0 N–H and O–H groups in total. The van der Waals surface area contributed by atoms with Crippen LogP contribution in [0.25, 0.3) is 10.6 Å². The average Bonchev–Trinajstić information content (AvgIpc) is 3.14. The van der Waals surface area contributed by atoms with Crippen LogP contribution in [-0.4, -0.2) is 26.9 Å². The average molecular weight is 356 g/mol. The fourth-order valence-electron chi connectivity index (χ4n) is 2.50. The lowest BCUT2D eigenvalue weighted by Gasteiger charge is -2.18. The van der Waals surface area contributed by atoms with Crippen molar-refractivity contribution in [2.24, 2.45) is 0 Å². The summed E-state index contributed by atoms with van der Waals surface area (Å²) >= 11 is 3.08. The van der Waals surface area contributed by atoms with Crippen molar-refractivity contribution in [1.82, 2.24) is 15.0 Å². The number of rotatable bonds is 5. The molecule has 3 aromatic heterocycles. The first-order chi connectivity index (χ1) is 11.7. The predicted molar refractivity (Wildman–Crippen MR) is 96.4 cm³/mol. The highest BCUT2D eigenvalue weighted by Crippen LogP contribution is 2.34. The van der Waals surface area contributed by atoms with Crippen molar-refractivity contribution < 1.29 is 4.79 Å². The van der Waals surface area contributed by atoms with Gasteiger partial charge in [0, 0.05) is 34.8 Å². The molecule has 0 bridgehead atoms. The van der Waals surface area contributed by atoms with Crippen LogP contribution in [0.2, 0.25) is 0 Å². The Hall–Kier alpha value is -2.12. The Morgan fingerprint density at radius 2 is 2.17 bits per heavy atom. The van der Waals surface area contributed by atoms with Crippen LogP contribution < -0.4 is 4.90 Å².